The first-order valence-electron chi connectivity index (χ1n) is 4.47. The van der Waals surface area contributed by atoms with Crippen LogP contribution in [0.4, 0.5) is 10.5 Å². The Labute approximate surface area is 88.2 Å². The van der Waals surface area contributed by atoms with Gasteiger partial charge in [0.15, 0.2) is 0 Å². The quantitative estimate of drug-likeness (QED) is 0.551. The predicted octanol–water partition coefficient (Wildman–Crippen LogP) is 2.16. The molecule has 0 bridgehead atoms. The smallest absolute Gasteiger partial charge is 0.329 e. The van der Waals surface area contributed by atoms with E-state index in [0.29, 0.717) is 5.69 Å². The summed E-state index contributed by atoms with van der Waals surface area (Å²) in [4.78, 5) is 23.4. The maximum Gasteiger partial charge on any atom is 0.347 e. The summed E-state index contributed by atoms with van der Waals surface area (Å²) in [5.41, 5.74) is 1.52. The van der Waals surface area contributed by atoms with Crippen LogP contribution in [0.25, 0.3) is 0 Å². The molecule has 15 heavy (non-hydrogen) atoms. The summed E-state index contributed by atoms with van der Waals surface area (Å²) in [5.74, 6) is 0. The van der Waals surface area contributed by atoms with Gasteiger partial charge in [0.2, 0.25) is 0 Å². The Bertz CT molecular complexity index is 359. The minimum Gasteiger partial charge on any atom is -0.329 e. The second-order valence-corrected chi connectivity index (χ2v) is 3.41. The van der Waals surface area contributed by atoms with Gasteiger partial charge in [-0.1, -0.05) is 17.7 Å². The third kappa shape index (κ3) is 2.52. The van der Waals surface area contributed by atoms with Crippen LogP contribution in [0.3, 0.4) is 0 Å². The highest BCUT2D eigenvalue weighted by Gasteiger charge is 2.17. The fourth-order valence-electron chi connectivity index (χ4n) is 1.07. The van der Waals surface area contributed by atoms with E-state index >= 15 is 0 Å². The van der Waals surface area contributed by atoms with Gasteiger partial charge in [0.05, 0.1) is 11.0 Å². The number of anilines is 1. The minimum absolute atomic E-state index is 0.464. The van der Waals surface area contributed by atoms with Crippen LogP contribution in [0.5, 0.6) is 0 Å². The van der Waals surface area contributed by atoms with Crippen molar-refractivity contribution in [1.82, 2.24) is 4.90 Å². The van der Waals surface area contributed by atoms with Crippen LogP contribution < -0.4 is 5.01 Å². The standard InChI is InChI=1S/C10H13N3O2/c1-8-4-6-9(7-5-8)13(11-15)10(14)12(2)3/h4-7H,1-3H3. The average molecular weight is 207 g/mol. The van der Waals surface area contributed by atoms with Crippen molar-refractivity contribution in [3.8, 4) is 0 Å². The summed E-state index contributed by atoms with van der Waals surface area (Å²) in [5, 5.41) is 3.52. The fraction of sp³-hybridized carbons (Fsp3) is 0.300. The van der Waals surface area contributed by atoms with Gasteiger partial charge in [0.25, 0.3) is 0 Å². The van der Waals surface area contributed by atoms with E-state index in [4.69, 9.17) is 0 Å². The third-order valence-corrected chi connectivity index (χ3v) is 1.92. The van der Waals surface area contributed by atoms with Crippen LogP contribution in [0, 0.1) is 11.8 Å². The molecule has 0 atom stereocenters. The molecule has 0 aliphatic heterocycles. The van der Waals surface area contributed by atoms with Crippen LogP contribution in [0.2, 0.25) is 0 Å². The fourth-order valence-corrected chi connectivity index (χ4v) is 1.07. The molecule has 0 fully saturated rings. The molecular formula is C10H13N3O2. The lowest BCUT2D eigenvalue weighted by Crippen LogP contribution is -2.35. The van der Waals surface area contributed by atoms with Crippen LogP contribution >= 0.6 is 0 Å². The number of urea groups is 1. The molecule has 1 aromatic carbocycles. The van der Waals surface area contributed by atoms with Gasteiger partial charge < -0.3 is 4.90 Å². The average Bonchev–Trinajstić information content (AvgIpc) is 2.21. The van der Waals surface area contributed by atoms with Crippen molar-refractivity contribution in [3.05, 3.63) is 34.7 Å². The van der Waals surface area contributed by atoms with Crippen molar-refractivity contribution in [2.45, 2.75) is 6.92 Å². The Kier molecular flexibility index (Phi) is 3.38. The first kappa shape index (κ1) is 11.2. The highest BCUT2D eigenvalue weighted by Crippen LogP contribution is 2.16. The maximum atomic E-state index is 11.5. The highest BCUT2D eigenvalue weighted by atomic mass is 16.3. The molecule has 1 aromatic rings. The molecule has 0 unspecified atom stereocenters. The Morgan fingerprint density at radius 3 is 2.13 bits per heavy atom. The number of carbonyl (C=O) groups is 1. The summed E-state index contributed by atoms with van der Waals surface area (Å²) >= 11 is 0. The molecule has 0 radical (unpaired) electrons. The number of nitrogens with zero attached hydrogens (tertiary/aromatic N) is 3. The topological polar surface area (TPSA) is 53.0 Å². The first-order chi connectivity index (χ1) is 7.06. The lowest BCUT2D eigenvalue weighted by atomic mass is 10.2. The monoisotopic (exact) mass is 207 g/mol. The van der Waals surface area contributed by atoms with Crippen LogP contribution in [-0.2, 0) is 0 Å². The number of aryl methyl sites for hydroxylation is 1. The van der Waals surface area contributed by atoms with Gasteiger partial charge in [-0.3, -0.25) is 0 Å². The third-order valence-electron chi connectivity index (χ3n) is 1.92. The Balaban J connectivity index is 2.97. The zero-order valence-corrected chi connectivity index (χ0v) is 8.97. The minimum atomic E-state index is -0.464. The predicted molar refractivity (Wildman–Crippen MR) is 58.5 cm³/mol. The van der Waals surface area contributed by atoms with Gasteiger partial charge in [0, 0.05) is 14.1 Å². The molecule has 2 amide bonds. The van der Waals surface area contributed by atoms with Gasteiger partial charge in [-0.25, -0.2) is 4.79 Å². The molecule has 0 aromatic heterocycles. The van der Waals surface area contributed by atoms with E-state index in [1.54, 1.807) is 26.2 Å². The van der Waals surface area contributed by atoms with Crippen LogP contribution in [0.1, 0.15) is 5.56 Å². The summed E-state index contributed by atoms with van der Waals surface area (Å²) < 4.78 is 0. The van der Waals surface area contributed by atoms with Crippen molar-refractivity contribution >= 4 is 11.7 Å². The van der Waals surface area contributed by atoms with Crippen LogP contribution in [0.15, 0.2) is 29.6 Å². The summed E-state index contributed by atoms with van der Waals surface area (Å²) in [6.45, 7) is 1.93. The van der Waals surface area contributed by atoms with E-state index in [1.807, 2.05) is 19.1 Å². The Morgan fingerprint density at radius 2 is 1.73 bits per heavy atom. The molecule has 80 valence electrons. The lowest BCUT2D eigenvalue weighted by molar-refractivity contribution is 0.224. The molecular weight excluding hydrogens is 194 g/mol. The Morgan fingerprint density at radius 1 is 1.20 bits per heavy atom. The first-order valence-corrected chi connectivity index (χ1v) is 4.47. The van der Waals surface area contributed by atoms with E-state index in [1.165, 1.54) is 4.90 Å². The van der Waals surface area contributed by atoms with Crippen molar-refractivity contribution < 1.29 is 4.79 Å². The van der Waals surface area contributed by atoms with E-state index in [0.717, 1.165) is 10.6 Å². The number of benzene rings is 1. The summed E-state index contributed by atoms with van der Waals surface area (Å²) in [6, 6.07) is 6.53. The largest absolute Gasteiger partial charge is 0.347 e. The van der Waals surface area contributed by atoms with Crippen molar-refractivity contribution in [3.63, 3.8) is 0 Å². The summed E-state index contributed by atoms with van der Waals surface area (Å²) in [7, 11) is 3.13. The van der Waals surface area contributed by atoms with Crippen molar-refractivity contribution in [1.29, 1.82) is 0 Å². The molecule has 0 N–H and O–H groups in total. The number of hydrogen-bond donors (Lipinski definition) is 0. The maximum absolute atomic E-state index is 11.5. The molecule has 0 aliphatic rings. The van der Waals surface area contributed by atoms with E-state index < -0.39 is 6.03 Å². The van der Waals surface area contributed by atoms with Gasteiger partial charge in [-0.2, -0.15) is 0 Å². The number of rotatable bonds is 2. The SMILES string of the molecule is Cc1ccc(N(N=O)C(=O)N(C)C)cc1. The molecule has 0 spiro atoms. The number of hydrogen-bond acceptors (Lipinski definition) is 3. The van der Waals surface area contributed by atoms with E-state index in [2.05, 4.69) is 5.29 Å². The number of carbonyl (C=O) groups excluding carboxylic acids is 1. The molecule has 0 aliphatic carbocycles. The second-order valence-electron chi connectivity index (χ2n) is 3.41. The molecule has 5 heteroatoms. The van der Waals surface area contributed by atoms with E-state index in [-0.39, 0.29) is 0 Å². The zero-order valence-electron chi connectivity index (χ0n) is 8.97. The lowest BCUT2D eigenvalue weighted by Gasteiger charge is -2.18. The zero-order chi connectivity index (χ0) is 11.4. The van der Waals surface area contributed by atoms with E-state index in [9.17, 15) is 9.70 Å². The molecule has 0 saturated heterocycles. The number of amides is 2. The van der Waals surface area contributed by atoms with Crippen molar-refractivity contribution in [2.24, 2.45) is 5.29 Å². The van der Waals surface area contributed by atoms with Crippen LogP contribution in [-0.4, -0.2) is 25.0 Å². The van der Waals surface area contributed by atoms with Gasteiger partial charge in [0.1, 0.15) is 0 Å². The number of nitroso groups, excluding NO2 is 1. The normalized spacial score (nSPS) is 9.53. The van der Waals surface area contributed by atoms with Crippen molar-refractivity contribution in [2.75, 3.05) is 19.1 Å². The molecule has 0 heterocycles. The van der Waals surface area contributed by atoms with Gasteiger partial charge in [-0.15, -0.1) is 9.92 Å². The Hall–Kier alpha value is -1.91. The van der Waals surface area contributed by atoms with Gasteiger partial charge in [-0.05, 0) is 19.1 Å². The second kappa shape index (κ2) is 4.54. The summed E-state index contributed by atoms with van der Waals surface area (Å²) in [6.07, 6.45) is 0. The molecule has 1 rings (SSSR count). The molecule has 5 nitrogen and oxygen atoms in total. The van der Waals surface area contributed by atoms with Gasteiger partial charge >= 0.3 is 6.03 Å². The molecule has 0 saturated carbocycles. The highest BCUT2D eigenvalue weighted by molar-refractivity contribution is 5.90.